The average molecular weight is 454 g/mol. The second kappa shape index (κ2) is 8.95. The highest BCUT2D eigenvalue weighted by atomic mass is 35.5. The van der Waals surface area contributed by atoms with E-state index >= 15 is 0 Å². The molecule has 0 aliphatic heterocycles. The fourth-order valence-corrected chi connectivity index (χ4v) is 3.23. The van der Waals surface area contributed by atoms with Crippen molar-refractivity contribution in [2.75, 3.05) is 0 Å². The minimum atomic E-state index is -4.70. The molecule has 0 saturated carbocycles. The molecule has 0 radical (unpaired) electrons. The number of hydrogen-bond donors (Lipinski definition) is 2. The normalized spacial score (nSPS) is 11.5. The third-order valence-electron chi connectivity index (χ3n) is 3.52. The maximum Gasteiger partial charge on any atom is 0.417 e. The van der Waals surface area contributed by atoms with E-state index in [1.165, 1.54) is 0 Å². The molecular weight excluding hydrogens is 441 g/mol. The number of pyridine rings is 1. The summed E-state index contributed by atoms with van der Waals surface area (Å²) in [6.07, 6.45) is -4.30. The van der Waals surface area contributed by atoms with Crippen LogP contribution in [0, 0.1) is 11.6 Å². The van der Waals surface area contributed by atoms with E-state index < -0.39 is 46.0 Å². The first kappa shape index (κ1) is 22.9. The molecule has 0 unspecified atom stereocenters. The number of hydrogen-bond acceptors (Lipinski definition) is 4. The van der Waals surface area contributed by atoms with E-state index in [1.54, 1.807) is 13.8 Å². The number of aromatic nitrogens is 1. The topological polar surface area (TPSA) is 71.1 Å². The third kappa shape index (κ3) is 5.80. The van der Waals surface area contributed by atoms with Crippen molar-refractivity contribution in [2.45, 2.75) is 30.8 Å². The van der Waals surface area contributed by atoms with Crippen LogP contribution in [-0.4, -0.2) is 16.9 Å². The molecule has 0 spiro atoms. The van der Waals surface area contributed by atoms with Crippen LogP contribution in [0.5, 0.6) is 0 Å². The van der Waals surface area contributed by atoms with Crippen LogP contribution in [0.3, 0.4) is 0 Å². The Morgan fingerprint density at radius 2 is 1.83 bits per heavy atom. The summed E-state index contributed by atoms with van der Waals surface area (Å²) >= 11 is 6.14. The van der Waals surface area contributed by atoms with Crippen LogP contribution >= 0.6 is 23.5 Å². The van der Waals surface area contributed by atoms with Gasteiger partial charge in [-0.1, -0.05) is 25.4 Å². The van der Waals surface area contributed by atoms with Gasteiger partial charge in [-0.3, -0.25) is 14.8 Å². The first-order valence-electron chi connectivity index (χ1n) is 7.90. The van der Waals surface area contributed by atoms with E-state index in [4.69, 9.17) is 11.6 Å². The number of carbonyl (C=O) groups excluding carboxylic acids is 2. The van der Waals surface area contributed by atoms with E-state index in [9.17, 15) is 31.5 Å². The minimum absolute atomic E-state index is 0.0466. The highest BCUT2D eigenvalue weighted by molar-refractivity contribution is 7.98. The molecule has 0 atom stereocenters. The van der Waals surface area contributed by atoms with Gasteiger partial charge in [0.05, 0.1) is 15.5 Å². The number of nitrogens with zero attached hydrogens (tertiary/aromatic N) is 1. The van der Waals surface area contributed by atoms with Gasteiger partial charge in [0.1, 0.15) is 17.3 Å². The summed E-state index contributed by atoms with van der Waals surface area (Å²) in [5.74, 6) is -3.11. The molecule has 1 aromatic heterocycles. The van der Waals surface area contributed by atoms with Crippen LogP contribution < -0.4 is 10.0 Å². The SMILES string of the molecule is CC(C)c1cc(F)cc(F)c1SNC(=O)NC(=O)c1ncc(C(F)(F)F)cc1Cl. The van der Waals surface area contributed by atoms with Crippen molar-refractivity contribution in [1.29, 1.82) is 0 Å². The molecule has 2 aromatic rings. The highest BCUT2D eigenvalue weighted by Gasteiger charge is 2.32. The van der Waals surface area contributed by atoms with E-state index in [-0.39, 0.29) is 10.8 Å². The molecule has 5 nitrogen and oxygen atoms in total. The lowest BCUT2D eigenvalue weighted by molar-refractivity contribution is -0.137. The predicted octanol–water partition coefficient (Wildman–Crippen LogP) is 5.30. The zero-order valence-electron chi connectivity index (χ0n) is 14.8. The summed E-state index contributed by atoms with van der Waals surface area (Å²) in [6.45, 7) is 3.39. The van der Waals surface area contributed by atoms with Crippen molar-refractivity contribution in [3.63, 3.8) is 0 Å². The molecule has 2 rings (SSSR count). The van der Waals surface area contributed by atoms with Gasteiger partial charge in [0.25, 0.3) is 5.91 Å². The Morgan fingerprint density at radius 1 is 1.17 bits per heavy atom. The Hall–Kier alpha value is -2.40. The Balaban J connectivity index is 2.08. The number of nitrogens with one attached hydrogen (secondary N) is 2. The fraction of sp³-hybridized carbons (Fsp3) is 0.235. The van der Waals surface area contributed by atoms with Gasteiger partial charge in [-0.25, -0.2) is 18.6 Å². The van der Waals surface area contributed by atoms with Gasteiger partial charge in [0.15, 0.2) is 0 Å². The first-order chi connectivity index (χ1) is 13.4. The number of rotatable bonds is 4. The lowest BCUT2D eigenvalue weighted by Gasteiger charge is -2.14. The molecule has 12 heteroatoms. The van der Waals surface area contributed by atoms with Crippen molar-refractivity contribution >= 4 is 35.5 Å². The molecule has 0 aliphatic rings. The molecule has 0 bridgehead atoms. The molecule has 3 amide bonds. The van der Waals surface area contributed by atoms with Crippen LogP contribution in [-0.2, 0) is 6.18 Å². The van der Waals surface area contributed by atoms with Gasteiger partial charge in [-0.05, 0) is 35.6 Å². The Kier molecular flexibility index (Phi) is 7.06. The Bertz CT molecular complexity index is 953. The van der Waals surface area contributed by atoms with Crippen molar-refractivity contribution in [1.82, 2.24) is 15.0 Å². The summed E-state index contributed by atoms with van der Waals surface area (Å²) in [5.41, 5.74) is -1.46. The molecule has 0 aliphatic carbocycles. The number of benzene rings is 1. The molecule has 156 valence electrons. The van der Waals surface area contributed by atoms with Gasteiger partial charge in [-0.15, -0.1) is 0 Å². The molecule has 1 heterocycles. The molecule has 1 aromatic carbocycles. The average Bonchev–Trinajstić information content (AvgIpc) is 2.59. The van der Waals surface area contributed by atoms with Gasteiger partial charge >= 0.3 is 12.2 Å². The molecule has 0 fully saturated rings. The van der Waals surface area contributed by atoms with E-state index in [2.05, 4.69) is 9.71 Å². The van der Waals surface area contributed by atoms with Gasteiger partial charge in [-0.2, -0.15) is 13.2 Å². The number of amides is 3. The standard InChI is InChI=1S/C17H13ClF5N3O2S/c1-7(2)10-4-9(19)5-12(20)14(10)29-26-16(28)25-15(27)13-11(18)3-8(6-24-13)17(21,22)23/h3-7H,1-2H3,(H2,25,26,27,28). The third-order valence-corrected chi connectivity index (χ3v) is 4.73. The van der Waals surface area contributed by atoms with E-state index in [1.807, 2.05) is 5.32 Å². The monoisotopic (exact) mass is 453 g/mol. The highest BCUT2D eigenvalue weighted by Crippen LogP contribution is 2.32. The van der Waals surface area contributed by atoms with Crippen molar-refractivity contribution < 1.29 is 31.5 Å². The zero-order chi connectivity index (χ0) is 21.9. The van der Waals surface area contributed by atoms with Gasteiger partial charge in [0, 0.05) is 12.3 Å². The largest absolute Gasteiger partial charge is 0.417 e. The number of imide groups is 1. The molecule has 0 saturated heterocycles. The van der Waals surface area contributed by atoms with Gasteiger partial charge < -0.3 is 0 Å². The summed E-state index contributed by atoms with van der Waals surface area (Å²) < 4.78 is 67.3. The summed E-state index contributed by atoms with van der Waals surface area (Å²) in [6, 6.07) is 1.16. The van der Waals surface area contributed by atoms with Crippen LogP contribution in [0.2, 0.25) is 5.02 Å². The first-order valence-corrected chi connectivity index (χ1v) is 9.09. The van der Waals surface area contributed by atoms with Crippen LogP contribution in [0.25, 0.3) is 0 Å². The van der Waals surface area contributed by atoms with E-state index in [0.29, 0.717) is 35.8 Å². The number of halogens is 6. The predicted molar refractivity (Wildman–Crippen MR) is 96.6 cm³/mol. The Morgan fingerprint density at radius 3 is 2.38 bits per heavy atom. The maximum atomic E-state index is 14.0. The molecular formula is C17H13ClF5N3O2S. The smallest absolute Gasteiger partial charge is 0.277 e. The second-order valence-electron chi connectivity index (χ2n) is 6.00. The zero-order valence-corrected chi connectivity index (χ0v) is 16.4. The fourth-order valence-electron chi connectivity index (χ4n) is 2.16. The van der Waals surface area contributed by atoms with E-state index in [0.717, 1.165) is 6.07 Å². The number of carbonyl (C=O) groups is 2. The van der Waals surface area contributed by atoms with Crippen LogP contribution in [0.4, 0.5) is 26.7 Å². The second-order valence-corrected chi connectivity index (χ2v) is 7.22. The maximum absolute atomic E-state index is 14.0. The van der Waals surface area contributed by atoms with Gasteiger partial charge in [0.2, 0.25) is 0 Å². The quantitative estimate of drug-likeness (QED) is 0.486. The lowest BCUT2D eigenvalue weighted by atomic mass is 10.0. The van der Waals surface area contributed by atoms with Crippen molar-refractivity contribution in [2.24, 2.45) is 0 Å². The van der Waals surface area contributed by atoms with Crippen LogP contribution in [0.1, 0.15) is 41.4 Å². The van der Waals surface area contributed by atoms with Crippen molar-refractivity contribution in [3.05, 3.63) is 57.9 Å². The lowest BCUT2D eigenvalue weighted by Crippen LogP contribution is -2.37. The number of alkyl halides is 3. The van der Waals surface area contributed by atoms with Crippen molar-refractivity contribution in [3.8, 4) is 0 Å². The summed E-state index contributed by atoms with van der Waals surface area (Å²) in [5, 5.41) is 1.20. The minimum Gasteiger partial charge on any atom is -0.277 e. The molecule has 29 heavy (non-hydrogen) atoms. The number of urea groups is 1. The molecule has 2 N–H and O–H groups in total. The Labute approximate surface area is 171 Å². The summed E-state index contributed by atoms with van der Waals surface area (Å²) in [7, 11) is 0. The van der Waals surface area contributed by atoms with Crippen LogP contribution in [0.15, 0.2) is 29.3 Å². The summed E-state index contributed by atoms with van der Waals surface area (Å²) in [4.78, 5) is 27.2.